The van der Waals surface area contributed by atoms with Crippen LogP contribution in [0.2, 0.25) is 0 Å². The maximum atomic E-state index is 12.2. The molecule has 0 spiro atoms. The number of nitrogens with two attached hydrogens (primary N) is 1. The van der Waals surface area contributed by atoms with Gasteiger partial charge in [-0.25, -0.2) is 18.1 Å². The van der Waals surface area contributed by atoms with Gasteiger partial charge in [0.05, 0.1) is 5.69 Å². The number of likely N-dealkylation sites (tertiary alicyclic amines) is 1. The minimum absolute atomic E-state index is 0.0352. The van der Waals surface area contributed by atoms with E-state index < -0.39 is 10.0 Å². The van der Waals surface area contributed by atoms with Crippen molar-refractivity contribution in [3.05, 3.63) is 18.3 Å². The average molecular weight is 282 g/mol. The van der Waals surface area contributed by atoms with Crippen molar-refractivity contribution in [2.24, 2.45) is 0 Å². The van der Waals surface area contributed by atoms with Gasteiger partial charge in [-0.15, -0.1) is 0 Å². The van der Waals surface area contributed by atoms with Gasteiger partial charge in [0.15, 0.2) is 5.03 Å². The summed E-state index contributed by atoms with van der Waals surface area (Å²) < 4.78 is 27.2. The smallest absolute Gasteiger partial charge is 0.260 e. The predicted octanol–water partition coefficient (Wildman–Crippen LogP) is 0.179. The predicted molar refractivity (Wildman–Crippen MR) is 72.0 cm³/mol. The molecule has 0 bridgehead atoms. The molecule has 0 amide bonds. The zero-order chi connectivity index (χ0) is 13.5. The van der Waals surface area contributed by atoms with E-state index in [1.165, 1.54) is 19.0 Å². The summed E-state index contributed by atoms with van der Waals surface area (Å²) in [5.41, 5.74) is 5.86. The van der Waals surface area contributed by atoms with Crippen LogP contribution in [-0.2, 0) is 10.0 Å². The first-order chi connectivity index (χ1) is 9.06. The molecule has 1 aromatic heterocycles. The van der Waals surface area contributed by atoms with Crippen molar-refractivity contribution in [3.63, 3.8) is 0 Å². The maximum Gasteiger partial charge on any atom is 0.260 e. The minimum atomic E-state index is -3.62. The maximum absolute atomic E-state index is 12.2. The summed E-state index contributed by atoms with van der Waals surface area (Å²) in [5.74, 6) is 0. The standard InChI is InChI=1S/C12H18N4O2S/c13-11-2-1-6-14-12(11)19(17,18)15-9-5-7-16(8-9)10-3-4-10/h1-2,6,9-10,15H,3-5,7-8,13H2. The number of hydrogen-bond acceptors (Lipinski definition) is 5. The molecule has 104 valence electrons. The van der Waals surface area contributed by atoms with Crippen molar-refractivity contribution >= 4 is 15.7 Å². The highest BCUT2D eigenvalue weighted by Gasteiger charge is 2.36. The van der Waals surface area contributed by atoms with E-state index in [0.29, 0.717) is 6.04 Å². The fourth-order valence-electron chi connectivity index (χ4n) is 2.56. The Bertz CT molecular complexity index is 571. The first-order valence-electron chi connectivity index (χ1n) is 6.53. The van der Waals surface area contributed by atoms with Crippen molar-refractivity contribution in [1.29, 1.82) is 0 Å². The van der Waals surface area contributed by atoms with Gasteiger partial charge < -0.3 is 5.73 Å². The Morgan fingerprint density at radius 2 is 2.16 bits per heavy atom. The fourth-order valence-corrected chi connectivity index (χ4v) is 3.88. The largest absolute Gasteiger partial charge is 0.396 e. The molecule has 0 aromatic carbocycles. The van der Waals surface area contributed by atoms with Crippen LogP contribution < -0.4 is 10.5 Å². The summed E-state index contributed by atoms with van der Waals surface area (Å²) in [7, 11) is -3.62. The van der Waals surface area contributed by atoms with Gasteiger partial charge in [0.25, 0.3) is 10.0 Å². The molecule has 2 fully saturated rings. The van der Waals surface area contributed by atoms with Gasteiger partial charge in [0.2, 0.25) is 0 Å². The van der Waals surface area contributed by atoms with E-state index >= 15 is 0 Å². The van der Waals surface area contributed by atoms with Gasteiger partial charge in [-0.1, -0.05) is 0 Å². The second-order valence-electron chi connectivity index (χ2n) is 5.23. The molecule has 1 unspecified atom stereocenters. The topological polar surface area (TPSA) is 88.3 Å². The van der Waals surface area contributed by atoms with Crippen LogP contribution in [0.5, 0.6) is 0 Å². The van der Waals surface area contributed by atoms with Gasteiger partial charge in [-0.05, 0) is 31.4 Å². The van der Waals surface area contributed by atoms with Crippen LogP contribution in [0.25, 0.3) is 0 Å². The molecule has 7 heteroatoms. The van der Waals surface area contributed by atoms with E-state index in [1.54, 1.807) is 12.1 Å². The summed E-state index contributed by atoms with van der Waals surface area (Å²) in [6.45, 7) is 1.76. The fraction of sp³-hybridized carbons (Fsp3) is 0.583. The quantitative estimate of drug-likeness (QED) is 0.822. The second kappa shape index (κ2) is 4.73. The van der Waals surface area contributed by atoms with Crippen molar-refractivity contribution in [2.75, 3.05) is 18.8 Å². The van der Waals surface area contributed by atoms with Crippen molar-refractivity contribution < 1.29 is 8.42 Å². The zero-order valence-corrected chi connectivity index (χ0v) is 11.4. The third kappa shape index (κ3) is 2.72. The molecule has 1 atom stereocenters. The molecule has 1 saturated heterocycles. The number of aromatic nitrogens is 1. The lowest BCUT2D eigenvalue weighted by molar-refractivity contribution is 0.322. The number of hydrogen-bond donors (Lipinski definition) is 2. The molecule has 1 aromatic rings. The van der Waals surface area contributed by atoms with E-state index in [9.17, 15) is 8.42 Å². The van der Waals surface area contributed by atoms with Crippen molar-refractivity contribution in [3.8, 4) is 0 Å². The zero-order valence-electron chi connectivity index (χ0n) is 10.6. The Balaban J connectivity index is 1.70. The Hall–Kier alpha value is -1.18. The lowest BCUT2D eigenvalue weighted by Gasteiger charge is -2.16. The first-order valence-corrected chi connectivity index (χ1v) is 8.01. The van der Waals surface area contributed by atoms with Crippen LogP contribution in [-0.4, -0.2) is 43.5 Å². The summed E-state index contributed by atoms with van der Waals surface area (Å²) >= 11 is 0. The number of nitrogens with one attached hydrogen (secondary N) is 1. The minimum Gasteiger partial charge on any atom is -0.396 e. The van der Waals surface area contributed by atoms with Gasteiger partial charge in [-0.3, -0.25) is 4.90 Å². The summed E-state index contributed by atoms with van der Waals surface area (Å²) in [4.78, 5) is 6.23. The number of sulfonamides is 1. The molecule has 1 aliphatic heterocycles. The van der Waals surface area contributed by atoms with Gasteiger partial charge >= 0.3 is 0 Å². The Labute approximate surface area is 113 Å². The highest BCUT2D eigenvalue weighted by Crippen LogP contribution is 2.30. The second-order valence-corrected chi connectivity index (χ2v) is 6.86. The number of anilines is 1. The van der Waals surface area contributed by atoms with Crippen molar-refractivity contribution in [1.82, 2.24) is 14.6 Å². The average Bonchev–Trinajstić information content (AvgIpc) is 3.11. The van der Waals surface area contributed by atoms with Crippen LogP contribution in [0.3, 0.4) is 0 Å². The molecule has 0 radical (unpaired) electrons. The summed E-state index contributed by atoms with van der Waals surface area (Å²) in [5, 5.41) is -0.0696. The summed E-state index contributed by atoms with van der Waals surface area (Å²) in [6, 6.07) is 3.81. The normalized spacial score (nSPS) is 24.7. The van der Waals surface area contributed by atoms with Gasteiger partial charge in [-0.2, -0.15) is 0 Å². The highest BCUT2D eigenvalue weighted by molar-refractivity contribution is 7.89. The summed E-state index contributed by atoms with van der Waals surface area (Å²) in [6.07, 6.45) is 4.78. The molecule has 3 N–H and O–H groups in total. The molecular formula is C12H18N4O2S. The number of nitrogen functional groups attached to an aromatic ring is 1. The van der Waals surface area contributed by atoms with Crippen molar-refractivity contribution in [2.45, 2.75) is 36.4 Å². The van der Waals surface area contributed by atoms with E-state index in [2.05, 4.69) is 14.6 Å². The molecule has 1 saturated carbocycles. The third-order valence-corrected chi connectivity index (χ3v) is 5.15. The van der Waals surface area contributed by atoms with Crippen LogP contribution in [0.15, 0.2) is 23.4 Å². The lowest BCUT2D eigenvalue weighted by Crippen LogP contribution is -2.38. The molecule has 2 heterocycles. The Morgan fingerprint density at radius 3 is 2.84 bits per heavy atom. The molecule has 2 aliphatic rings. The number of pyridine rings is 1. The van der Waals surface area contributed by atoms with E-state index in [0.717, 1.165) is 19.5 Å². The lowest BCUT2D eigenvalue weighted by atomic mass is 10.3. The third-order valence-electron chi connectivity index (χ3n) is 3.66. The van der Waals surface area contributed by atoms with Crippen LogP contribution in [0.1, 0.15) is 19.3 Å². The molecule has 3 rings (SSSR count). The highest BCUT2D eigenvalue weighted by atomic mass is 32.2. The van der Waals surface area contributed by atoms with E-state index in [4.69, 9.17) is 5.73 Å². The SMILES string of the molecule is Nc1cccnc1S(=O)(=O)NC1CCN(C2CC2)C1. The molecule has 19 heavy (non-hydrogen) atoms. The number of nitrogens with zero attached hydrogens (tertiary/aromatic N) is 2. The van der Waals surface area contributed by atoms with Gasteiger partial charge in [0, 0.05) is 31.4 Å². The van der Waals surface area contributed by atoms with Crippen LogP contribution >= 0.6 is 0 Å². The molecule has 1 aliphatic carbocycles. The number of rotatable bonds is 4. The van der Waals surface area contributed by atoms with Crippen LogP contribution in [0, 0.1) is 0 Å². The Morgan fingerprint density at radius 1 is 1.37 bits per heavy atom. The van der Waals surface area contributed by atoms with E-state index in [-0.39, 0.29) is 16.8 Å². The monoisotopic (exact) mass is 282 g/mol. The Kier molecular flexibility index (Phi) is 3.20. The van der Waals surface area contributed by atoms with Gasteiger partial charge in [0.1, 0.15) is 0 Å². The van der Waals surface area contributed by atoms with E-state index in [1.807, 2.05) is 0 Å². The molecular weight excluding hydrogens is 264 g/mol. The van der Waals surface area contributed by atoms with Crippen LogP contribution in [0.4, 0.5) is 5.69 Å². The first kappa shape index (κ1) is 12.8. The molecule has 6 nitrogen and oxygen atoms in total.